The van der Waals surface area contributed by atoms with Gasteiger partial charge in [-0.15, -0.1) is 11.3 Å². The van der Waals surface area contributed by atoms with Gasteiger partial charge < -0.3 is 10.1 Å². The molecule has 2 aromatic heterocycles. The van der Waals surface area contributed by atoms with Gasteiger partial charge in [-0.1, -0.05) is 12.1 Å². The average molecular weight is 444 g/mol. The molecule has 5 nitrogen and oxygen atoms in total. The van der Waals surface area contributed by atoms with E-state index in [1.54, 1.807) is 29.7 Å². The van der Waals surface area contributed by atoms with Crippen molar-refractivity contribution in [2.45, 2.75) is 32.8 Å². The highest BCUT2D eigenvalue weighted by Crippen LogP contribution is 2.35. The fraction of sp³-hybridized carbons (Fsp3) is 0.192. The first-order valence-electron chi connectivity index (χ1n) is 10.5. The summed E-state index contributed by atoms with van der Waals surface area (Å²) in [6.45, 7) is 6.02. The van der Waals surface area contributed by atoms with E-state index in [1.807, 2.05) is 68.0 Å². The molecule has 162 valence electrons. The van der Waals surface area contributed by atoms with Gasteiger partial charge >= 0.3 is 0 Å². The normalized spacial score (nSPS) is 11.9. The van der Waals surface area contributed by atoms with Crippen LogP contribution < -0.4 is 10.1 Å². The Balaban J connectivity index is 1.61. The molecule has 0 fully saturated rings. The molecule has 4 aromatic rings. The molecule has 6 heteroatoms. The maximum atomic E-state index is 12.8. The van der Waals surface area contributed by atoms with Crippen LogP contribution >= 0.6 is 11.3 Å². The zero-order valence-corrected chi connectivity index (χ0v) is 19.1. The van der Waals surface area contributed by atoms with Crippen molar-refractivity contribution in [2.24, 2.45) is 0 Å². The maximum absolute atomic E-state index is 12.8. The molecule has 0 bridgehead atoms. The number of aryl methyl sites for hydroxylation is 1. The second-order valence-corrected chi connectivity index (χ2v) is 8.73. The van der Waals surface area contributed by atoms with Gasteiger partial charge in [0.15, 0.2) is 0 Å². The fourth-order valence-electron chi connectivity index (χ4n) is 3.57. The molecular weight excluding hydrogens is 418 g/mol. The zero-order valence-electron chi connectivity index (χ0n) is 18.3. The Hall–Kier alpha value is -3.51. The van der Waals surface area contributed by atoms with Crippen molar-refractivity contribution in [2.75, 3.05) is 5.32 Å². The summed E-state index contributed by atoms with van der Waals surface area (Å²) >= 11 is 1.61. The monoisotopic (exact) mass is 443 g/mol. The van der Waals surface area contributed by atoms with Crippen LogP contribution in [0.5, 0.6) is 5.75 Å². The fourth-order valence-corrected chi connectivity index (χ4v) is 4.35. The lowest BCUT2D eigenvalue weighted by molar-refractivity contribution is 0.102. The van der Waals surface area contributed by atoms with Gasteiger partial charge in [-0.05, 0) is 79.9 Å². The van der Waals surface area contributed by atoms with Crippen LogP contribution in [0.25, 0.3) is 0 Å². The molecule has 0 aliphatic carbocycles. The van der Waals surface area contributed by atoms with Crippen molar-refractivity contribution in [3.8, 4) is 5.75 Å². The lowest BCUT2D eigenvalue weighted by atomic mass is 9.89. The largest absolute Gasteiger partial charge is 0.491 e. The van der Waals surface area contributed by atoms with E-state index in [4.69, 9.17) is 4.74 Å². The molecule has 4 rings (SSSR count). The number of anilines is 1. The molecule has 0 spiro atoms. The summed E-state index contributed by atoms with van der Waals surface area (Å²) in [5.74, 6) is 0.535. The van der Waals surface area contributed by atoms with Gasteiger partial charge in [-0.3, -0.25) is 9.78 Å². The third-order valence-corrected chi connectivity index (χ3v) is 5.89. The number of carbonyl (C=O) groups is 1. The number of carbonyl (C=O) groups excluding carboxylic acids is 1. The van der Waals surface area contributed by atoms with E-state index in [0.717, 1.165) is 33.1 Å². The first-order valence-corrected chi connectivity index (χ1v) is 11.4. The molecule has 0 aliphatic rings. The quantitative estimate of drug-likeness (QED) is 0.377. The molecular formula is C26H25N3O2S. The van der Waals surface area contributed by atoms with Crippen LogP contribution in [0.1, 0.15) is 51.8 Å². The van der Waals surface area contributed by atoms with E-state index in [2.05, 4.69) is 28.3 Å². The lowest BCUT2D eigenvalue weighted by Gasteiger charge is -2.19. The van der Waals surface area contributed by atoms with Gasteiger partial charge in [0.05, 0.1) is 12.0 Å². The maximum Gasteiger partial charge on any atom is 0.255 e. The van der Waals surface area contributed by atoms with Crippen LogP contribution in [0.15, 0.2) is 78.6 Å². The smallest absolute Gasteiger partial charge is 0.255 e. The summed E-state index contributed by atoms with van der Waals surface area (Å²) in [6.07, 6.45) is 5.55. The zero-order chi connectivity index (χ0) is 22.5. The van der Waals surface area contributed by atoms with E-state index in [-0.39, 0.29) is 17.9 Å². The highest BCUT2D eigenvalue weighted by molar-refractivity contribution is 7.09. The van der Waals surface area contributed by atoms with Crippen molar-refractivity contribution in [3.63, 3.8) is 0 Å². The van der Waals surface area contributed by atoms with Crippen LogP contribution in [-0.2, 0) is 0 Å². The molecule has 2 aromatic carbocycles. The number of rotatable bonds is 7. The highest BCUT2D eigenvalue weighted by atomic mass is 32.1. The molecule has 1 amide bonds. The Morgan fingerprint density at radius 1 is 1.06 bits per heavy atom. The summed E-state index contributed by atoms with van der Waals surface area (Å²) in [7, 11) is 0. The molecule has 1 N–H and O–H groups in total. The molecule has 2 heterocycles. The number of nitrogens with zero attached hydrogens (tertiary/aromatic N) is 2. The molecule has 0 saturated heterocycles. The second-order valence-electron chi connectivity index (χ2n) is 7.81. The molecule has 0 saturated carbocycles. The van der Waals surface area contributed by atoms with Crippen LogP contribution in [0.2, 0.25) is 0 Å². The Bertz CT molecular complexity index is 1170. The first-order chi connectivity index (χ1) is 15.5. The molecule has 0 radical (unpaired) electrons. The Morgan fingerprint density at radius 3 is 2.53 bits per heavy atom. The summed E-state index contributed by atoms with van der Waals surface area (Å²) in [6, 6.07) is 17.2. The standard InChI is InChI=1S/C26H25N3O2S/c1-17(2)31-22-10-7-19(8-11-22)25(30)29-21-9-6-18(3)23(15-21)24(26-28-13-14-32-26)20-5-4-12-27-16-20/h4-17,24H,1-3H3,(H,29,30). The topological polar surface area (TPSA) is 64.1 Å². The highest BCUT2D eigenvalue weighted by Gasteiger charge is 2.22. The predicted octanol–water partition coefficient (Wildman–Crippen LogP) is 6.07. The Labute approximate surface area is 192 Å². The summed E-state index contributed by atoms with van der Waals surface area (Å²) in [5, 5.41) is 5.99. The number of aromatic nitrogens is 2. The number of benzene rings is 2. The average Bonchev–Trinajstić information content (AvgIpc) is 3.31. The van der Waals surface area contributed by atoms with Gasteiger partial charge in [-0.2, -0.15) is 0 Å². The van der Waals surface area contributed by atoms with Crippen molar-refractivity contribution in [1.29, 1.82) is 0 Å². The van der Waals surface area contributed by atoms with Gasteiger partial charge in [0.1, 0.15) is 10.8 Å². The van der Waals surface area contributed by atoms with E-state index < -0.39 is 0 Å². The van der Waals surface area contributed by atoms with Crippen molar-refractivity contribution in [1.82, 2.24) is 9.97 Å². The van der Waals surface area contributed by atoms with Gasteiger partial charge in [0.2, 0.25) is 0 Å². The van der Waals surface area contributed by atoms with Gasteiger partial charge in [0.25, 0.3) is 5.91 Å². The minimum Gasteiger partial charge on any atom is -0.491 e. The third-order valence-electron chi connectivity index (χ3n) is 5.05. The summed E-state index contributed by atoms with van der Waals surface area (Å²) < 4.78 is 5.66. The van der Waals surface area contributed by atoms with Crippen LogP contribution in [-0.4, -0.2) is 22.0 Å². The minimum absolute atomic E-state index is 0.0481. The summed E-state index contributed by atoms with van der Waals surface area (Å²) in [4.78, 5) is 21.7. The van der Waals surface area contributed by atoms with E-state index in [0.29, 0.717) is 5.56 Å². The van der Waals surface area contributed by atoms with Crippen LogP contribution in [0.3, 0.4) is 0 Å². The SMILES string of the molecule is Cc1ccc(NC(=O)c2ccc(OC(C)C)cc2)cc1C(c1cccnc1)c1nccs1. The number of thiazole rings is 1. The number of amides is 1. The first kappa shape index (κ1) is 21.7. The molecule has 0 aliphatic heterocycles. The molecule has 1 atom stereocenters. The van der Waals surface area contributed by atoms with Crippen LogP contribution in [0, 0.1) is 6.92 Å². The number of ether oxygens (including phenoxy) is 1. The van der Waals surface area contributed by atoms with Crippen molar-refractivity contribution < 1.29 is 9.53 Å². The van der Waals surface area contributed by atoms with E-state index in [1.165, 1.54) is 0 Å². The van der Waals surface area contributed by atoms with Gasteiger partial charge in [-0.25, -0.2) is 4.98 Å². The van der Waals surface area contributed by atoms with Crippen molar-refractivity contribution in [3.05, 3.63) is 106 Å². The Kier molecular flexibility index (Phi) is 6.61. The van der Waals surface area contributed by atoms with Crippen LogP contribution in [0.4, 0.5) is 5.69 Å². The minimum atomic E-state index is -0.164. The number of nitrogens with one attached hydrogen (secondary N) is 1. The van der Waals surface area contributed by atoms with Crippen molar-refractivity contribution >= 4 is 22.9 Å². The molecule has 1 unspecified atom stereocenters. The van der Waals surface area contributed by atoms with E-state index in [9.17, 15) is 4.79 Å². The predicted molar refractivity (Wildman–Crippen MR) is 129 cm³/mol. The number of hydrogen-bond donors (Lipinski definition) is 1. The summed E-state index contributed by atoms with van der Waals surface area (Å²) in [5.41, 5.74) is 4.60. The van der Waals surface area contributed by atoms with E-state index >= 15 is 0 Å². The lowest BCUT2D eigenvalue weighted by Crippen LogP contribution is -2.13. The molecule has 32 heavy (non-hydrogen) atoms. The number of hydrogen-bond acceptors (Lipinski definition) is 5. The number of pyridine rings is 1. The Morgan fingerprint density at radius 2 is 1.88 bits per heavy atom. The second kappa shape index (κ2) is 9.75. The van der Waals surface area contributed by atoms with Gasteiger partial charge in [0, 0.05) is 35.2 Å². The third kappa shape index (κ3) is 5.03.